The van der Waals surface area contributed by atoms with Crippen LogP contribution in [0.5, 0.6) is 0 Å². The van der Waals surface area contributed by atoms with E-state index in [1.807, 2.05) is 11.9 Å². The first-order valence-corrected chi connectivity index (χ1v) is 13.9. The fourth-order valence-corrected chi connectivity index (χ4v) is 4.44. The highest BCUT2D eigenvalue weighted by Gasteiger charge is 2.36. The SMILES string of the molecule is CC1CC1CN(C)c1cc(C(=O)NNC(=O)C(C)(Cc2ccccc2)NC(=O)O)cc(N(C)S(C)(=O)=O)n1. The highest BCUT2D eigenvalue weighted by atomic mass is 32.2. The summed E-state index contributed by atoms with van der Waals surface area (Å²) in [6.07, 6.45) is 0.748. The van der Waals surface area contributed by atoms with E-state index in [4.69, 9.17) is 0 Å². The van der Waals surface area contributed by atoms with Crippen molar-refractivity contribution in [1.29, 1.82) is 0 Å². The normalized spacial score (nSPS) is 18.0. The lowest BCUT2D eigenvalue weighted by Gasteiger charge is -2.28. The van der Waals surface area contributed by atoms with Crippen molar-refractivity contribution in [3.8, 4) is 0 Å². The molecule has 0 bridgehead atoms. The first-order valence-electron chi connectivity index (χ1n) is 12.0. The van der Waals surface area contributed by atoms with Crippen LogP contribution < -0.4 is 25.4 Å². The molecule has 3 atom stereocenters. The van der Waals surface area contributed by atoms with Crippen LogP contribution in [0.25, 0.3) is 0 Å². The second kappa shape index (κ2) is 11.3. The highest BCUT2D eigenvalue weighted by molar-refractivity contribution is 7.92. The molecule has 38 heavy (non-hydrogen) atoms. The Labute approximate surface area is 222 Å². The third-order valence-corrected chi connectivity index (χ3v) is 7.81. The Kier molecular flexibility index (Phi) is 8.50. The largest absolute Gasteiger partial charge is 0.465 e. The van der Waals surface area contributed by atoms with E-state index in [-0.39, 0.29) is 17.8 Å². The van der Waals surface area contributed by atoms with Crippen molar-refractivity contribution in [2.24, 2.45) is 11.8 Å². The number of nitrogens with zero attached hydrogens (tertiary/aromatic N) is 3. The summed E-state index contributed by atoms with van der Waals surface area (Å²) in [6.45, 7) is 4.25. The van der Waals surface area contributed by atoms with Gasteiger partial charge < -0.3 is 15.3 Å². The molecule has 4 N–H and O–H groups in total. The number of rotatable bonds is 10. The van der Waals surface area contributed by atoms with Crippen LogP contribution in [-0.2, 0) is 21.2 Å². The molecule has 0 radical (unpaired) electrons. The Morgan fingerprint density at radius 2 is 1.71 bits per heavy atom. The molecule has 3 rings (SSSR count). The third-order valence-electron chi connectivity index (χ3n) is 6.63. The maximum atomic E-state index is 13.1. The standard InChI is InChI=1S/C25H34N6O6S/c1-16-11-19(16)15-30(3)20-12-18(13-21(26-20)31(4)38(5,36)37)22(32)28-29-23(33)25(2,27-24(34)35)14-17-9-7-6-8-10-17/h6-10,12-13,16,19,27H,11,14-15H2,1-5H3,(H,28,32)(H,29,33)(H,34,35). The number of hydrogen-bond acceptors (Lipinski definition) is 7. The zero-order valence-corrected chi connectivity index (χ0v) is 22.9. The monoisotopic (exact) mass is 546 g/mol. The fourth-order valence-electron chi connectivity index (χ4n) is 4.00. The minimum atomic E-state index is -3.66. The van der Waals surface area contributed by atoms with E-state index in [0.717, 1.165) is 17.0 Å². The number of amides is 3. The molecule has 1 fully saturated rings. The minimum Gasteiger partial charge on any atom is -0.465 e. The molecule has 1 heterocycles. The molecule has 1 aromatic heterocycles. The molecule has 0 aliphatic heterocycles. The number of carbonyl (C=O) groups excluding carboxylic acids is 2. The number of nitrogens with one attached hydrogen (secondary N) is 3. The van der Waals surface area contributed by atoms with E-state index in [9.17, 15) is 27.9 Å². The predicted molar refractivity (Wildman–Crippen MR) is 143 cm³/mol. The van der Waals surface area contributed by atoms with Gasteiger partial charge in [0.05, 0.1) is 6.26 Å². The van der Waals surface area contributed by atoms with Gasteiger partial charge in [0.25, 0.3) is 11.8 Å². The maximum Gasteiger partial charge on any atom is 0.405 e. The van der Waals surface area contributed by atoms with Crippen LogP contribution in [0.4, 0.5) is 16.4 Å². The zero-order valence-electron chi connectivity index (χ0n) is 22.1. The van der Waals surface area contributed by atoms with Crippen molar-refractivity contribution >= 4 is 39.6 Å². The lowest BCUT2D eigenvalue weighted by atomic mass is 9.92. The molecule has 0 spiro atoms. The Morgan fingerprint density at radius 1 is 1.11 bits per heavy atom. The van der Waals surface area contributed by atoms with Gasteiger partial charge in [-0.3, -0.25) is 24.7 Å². The van der Waals surface area contributed by atoms with Gasteiger partial charge in [0.15, 0.2) is 0 Å². The van der Waals surface area contributed by atoms with Crippen molar-refractivity contribution < 1.29 is 27.9 Å². The van der Waals surface area contributed by atoms with Crippen molar-refractivity contribution in [3.05, 3.63) is 53.6 Å². The Hall–Kier alpha value is -3.87. The van der Waals surface area contributed by atoms with Gasteiger partial charge >= 0.3 is 6.09 Å². The number of pyridine rings is 1. The van der Waals surface area contributed by atoms with E-state index >= 15 is 0 Å². The van der Waals surface area contributed by atoms with Crippen LogP contribution in [0, 0.1) is 11.8 Å². The van der Waals surface area contributed by atoms with Gasteiger partial charge in [-0.15, -0.1) is 0 Å². The van der Waals surface area contributed by atoms with E-state index in [2.05, 4.69) is 28.1 Å². The molecule has 12 nitrogen and oxygen atoms in total. The molecule has 1 saturated carbocycles. The van der Waals surface area contributed by atoms with Crippen LogP contribution in [0.15, 0.2) is 42.5 Å². The molecule has 2 aromatic rings. The van der Waals surface area contributed by atoms with Crippen molar-refractivity contribution in [2.45, 2.75) is 32.2 Å². The highest BCUT2D eigenvalue weighted by Crippen LogP contribution is 2.38. The van der Waals surface area contributed by atoms with Gasteiger partial charge in [-0.1, -0.05) is 37.3 Å². The predicted octanol–water partition coefficient (Wildman–Crippen LogP) is 1.60. The molecule has 1 aliphatic carbocycles. The quantitative estimate of drug-likeness (QED) is 0.327. The maximum absolute atomic E-state index is 13.1. The molecule has 3 unspecified atom stereocenters. The molecule has 206 valence electrons. The van der Waals surface area contributed by atoms with Crippen LogP contribution in [0.2, 0.25) is 0 Å². The second-order valence-electron chi connectivity index (χ2n) is 9.99. The lowest BCUT2D eigenvalue weighted by molar-refractivity contribution is -0.127. The zero-order chi connectivity index (χ0) is 28.3. The van der Waals surface area contributed by atoms with Gasteiger partial charge in [0.1, 0.15) is 17.2 Å². The Bertz CT molecular complexity index is 1300. The fraction of sp³-hybridized carbons (Fsp3) is 0.440. The number of hydrogen-bond donors (Lipinski definition) is 4. The first kappa shape index (κ1) is 28.7. The van der Waals surface area contributed by atoms with E-state index in [0.29, 0.717) is 29.8 Å². The van der Waals surface area contributed by atoms with Crippen LogP contribution in [-0.4, -0.2) is 68.9 Å². The lowest BCUT2D eigenvalue weighted by Crippen LogP contribution is -2.61. The van der Waals surface area contributed by atoms with Gasteiger partial charge in [-0.25, -0.2) is 18.2 Å². The summed E-state index contributed by atoms with van der Waals surface area (Å²) in [5.74, 6) is 0.00435. The molecule has 13 heteroatoms. The van der Waals surface area contributed by atoms with Gasteiger partial charge in [0.2, 0.25) is 10.0 Å². The minimum absolute atomic E-state index is 0.0366. The van der Waals surface area contributed by atoms with Crippen LogP contribution >= 0.6 is 0 Å². The van der Waals surface area contributed by atoms with Gasteiger partial charge in [-0.05, 0) is 42.9 Å². The summed E-state index contributed by atoms with van der Waals surface area (Å²) in [5, 5.41) is 11.5. The average molecular weight is 547 g/mol. The summed E-state index contributed by atoms with van der Waals surface area (Å²) >= 11 is 0. The smallest absolute Gasteiger partial charge is 0.405 e. The number of carboxylic acid groups (broad SMARTS) is 1. The summed E-state index contributed by atoms with van der Waals surface area (Å²) in [6, 6.07) is 11.7. The first-order chi connectivity index (χ1) is 17.7. The molecular weight excluding hydrogens is 512 g/mol. The van der Waals surface area contributed by atoms with Crippen molar-refractivity contribution in [1.82, 2.24) is 21.2 Å². The summed E-state index contributed by atoms with van der Waals surface area (Å²) in [4.78, 5) is 43.8. The van der Waals surface area contributed by atoms with Crippen molar-refractivity contribution in [3.63, 3.8) is 0 Å². The topological polar surface area (TPSA) is 161 Å². The summed E-state index contributed by atoms with van der Waals surface area (Å²) < 4.78 is 25.3. The molecule has 0 saturated heterocycles. The molecule has 1 aliphatic rings. The number of hydrazine groups is 1. The number of sulfonamides is 1. The number of benzene rings is 1. The van der Waals surface area contributed by atoms with Crippen molar-refractivity contribution in [2.75, 3.05) is 36.1 Å². The van der Waals surface area contributed by atoms with Crippen LogP contribution in [0.3, 0.4) is 0 Å². The second-order valence-corrected chi connectivity index (χ2v) is 12.0. The van der Waals surface area contributed by atoms with Crippen LogP contribution in [0.1, 0.15) is 36.2 Å². The number of carbonyl (C=O) groups is 3. The Balaban J connectivity index is 1.82. The number of anilines is 2. The number of aromatic nitrogens is 1. The van der Waals surface area contributed by atoms with E-state index < -0.39 is 33.5 Å². The summed E-state index contributed by atoms with van der Waals surface area (Å²) in [5.41, 5.74) is 3.79. The third kappa shape index (κ3) is 7.34. The van der Waals surface area contributed by atoms with Gasteiger partial charge in [-0.2, -0.15) is 0 Å². The van der Waals surface area contributed by atoms with E-state index in [1.165, 1.54) is 26.1 Å². The molecular formula is C25H34N6O6S. The summed E-state index contributed by atoms with van der Waals surface area (Å²) in [7, 11) is -0.513. The van der Waals surface area contributed by atoms with E-state index in [1.54, 1.807) is 30.3 Å². The molecule has 1 aromatic carbocycles. The molecule has 3 amide bonds. The Morgan fingerprint density at radius 3 is 2.26 bits per heavy atom. The average Bonchev–Trinajstić information content (AvgIpc) is 3.54. The van der Waals surface area contributed by atoms with Gasteiger partial charge in [0, 0.05) is 32.6 Å².